The molecule has 0 bridgehead atoms. The Hall–Kier alpha value is -2.21. The Balaban J connectivity index is 1.57. The molecule has 6 nitrogen and oxygen atoms in total. The third kappa shape index (κ3) is 3.17. The molecule has 1 saturated heterocycles. The molecule has 0 unspecified atom stereocenters. The standard InChI is InChI=1S/C15H17ClN4O2/c1-19-13(9-18-14(19)16)8-17-12-4-2-11(3-5-12)10-20-6-7-22-15(20)21/h2-5,9,17H,6-8,10H2,1H3. The largest absolute Gasteiger partial charge is 0.448 e. The van der Waals surface area contributed by atoms with Crippen LogP contribution in [-0.2, 0) is 24.9 Å². The molecule has 0 radical (unpaired) electrons. The van der Waals surface area contributed by atoms with E-state index < -0.39 is 0 Å². The minimum absolute atomic E-state index is 0.240. The van der Waals surface area contributed by atoms with Gasteiger partial charge in [-0.25, -0.2) is 9.78 Å². The first-order chi connectivity index (χ1) is 10.6. The molecule has 116 valence electrons. The zero-order valence-electron chi connectivity index (χ0n) is 12.3. The number of anilines is 1. The first kappa shape index (κ1) is 14.7. The third-order valence-electron chi connectivity index (χ3n) is 3.67. The first-order valence-corrected chi connectivity index (χ1v) is 7.42. The van der Waals surface area contributed by atoms with Crippen molar-refractivity contribution in [2.75, 3.05) is 18.5 Å². The molecule has 0 atom stereocenters. The summed E-state index contributed by atoms with van der Waals surface area (Å²) in [5.41, 5.74) is 3.09. The molecule has 22 heavy (non-hydrogen) atoms. The van der Waals surface area contributed by atoms with E-state index in [1.807, 2.05) is 35.9 Å². The van der Waals surface area contributed by atoms with Crippen LogP contribution in [0.5, 0.6) is 0 Å². The Bertz CT molecular complexity index is 669. The van der Waals surface area contributed by atoms with Gasteiger partial charge in [0, 0.05) is 19.3 Å². The molecular weight excluding hydrogens is 304 g/mol. The number of hydrogen-bond acceptors (Lipinski definition) is 4. The lowest BCUT2D eigenvalue weighted by Crippen LogP contribution is -2.23. The topological polar surface area (TPSA) is 59.4 Å². The summed E-state index contributed by atoms with van der Waals surface area (Å²) in [4.78, 5) is 17.2. The molecule has 0 saturated carbocycles. The third-order valence-corrected chi connectivity index (χ3v) is 4.02. The van der Waals surface area contributed by atoms with E-state index in [4.69, 9.17) is 16.3 Å². The Kier molecular flexibility index (Phi) is 4.20. The van der Waals surface area contributed by atoms with E-state index in [0.29, 0.717) is 31.5 Å². The second-order valence-electron chi connectivity index (χ2n) is 5.16. The Morgan fingerprint density at radius 1 is 1.36 bits per heavy atom. The number of nitrogens with zero attached hydrogens (tertiary/aromatic N) is 3. The van der Waals surface area contributed by atoms with Crippen LogP contribution in [-0.4, -0.2) is 33.7 Å². The number of carbonyl (C=O) groups excluding carboxylic acids is 1. The van der Waals surface area contributed by atoms with E-state index in [9.17, 15) is 4.79 Å². The molecule has 0 spiro atoms. The molecule has 3 rings (SSSR count). The number of aromatic nitrogens is 2. The van der Waals surface area contributed by atoms with Crippen molar-refractivity contribution in [3.8, 4) is 0 Å². The quantitative estimate of drug-likeness (QED) is 0.920. The van der Waals surface area contributed by atoms with Crippen molar-refractivity contribution in [1.82, 2.24) is 14.5 Å². The maximum Gasteiger partial charge on any atom is 0.410 e. The lowest BCUT2D eigenvalue weighted by Gasteiger charge is -2.13. The van der Waals surface area contributed by atoms with Gasteiger partial charge in [0.1, 0.15) is 6.61 Å². The molecule has 1 aliphatic rings. The summed E-state index contributed by atoms with van der Waals surface area (Å²) in [6, 6.07) is 8.00. The van der Waals surface area contributed by atoms with Gasteiger partial charge in [-0.1, -0.05) is 12.1 Å². The van der Waals surface area contributed by atoms with E-state index >= 15 is 0 Å². The minimum Gasteiger partial charge on any atom is -0.448 e. The fraction of sp³-hybridized carbons (Fsp3) is 0.333. The molecular formula is C15H17ClN4O2. The number of carbonyl (C=O) groups is 1. The van der Waals surface area contributed by atoms with Crippen LogP contribution in [0.1, 0.15) is 11.3 Å². The summed E-state index contributed by atoms with van der Waals surface area (Å²) >= 11 is 5.91. The molecule has 2 aromatic rings. The zero-order chi connectivity index (χ0) is 15.5. The molecule has 1 amide bonds. The van der Waals surface area contributed by atoms with Gasteiger partial charge in [0.05, 0.1) is 25.0 Å². The number of rotatable bonds is 5. The van der Waals surface area contributed by atoms with Crippen molar-refractivity contribution in [3.63, 3.8) is 0 Å². The fourth-order valence-electron chi connectivity index (χ4n) is 2.29. The van der Waals surface area contributed by atoms with Crippen LogP contribution in [0.25, 0.3) is 0 Å². The lowest BCUT2D eigenvalue weighted by molar-refractivity contribution is 0.157. The Labute approximate surface area is 133 Å². The van der Waals surface area contributed by atoms with Crippen molar-refractivity contribution < 1.29 is 9.53 Å². The molecule has 1 aromatic carbocycles. The molecule has 7 heteroatoms. The Morgan fingerprint density at radius 2 is 2.14 bits per heavy atom. The SMILES string of the molecule is Cn1c(CNc2ccc(CN3CCOC3=O)cc2)cnc1Cl. The second kappa shape index (κ2) is 6.27. The van der Waals surface area contributed by atoms with Gasteiger partial charge in [0.2, 0.25) is 5.28 Å². The van der Waals surface area contributed by atoms with Gasteiger partial charge in [-0.15, -0.1) is 0 Å². The van der Waals surface area contributed by atoms with Crippen LogP contribution >= 0.6 is 11.6 Å². The summed E-state index contributed by atoms with van der Waals surface area (Å²) in [6.07, 6.45) is 1.51. The highest BCUT2D eigenvalue weighted by atomic mass is 35.5. The molecule has 1 aromatic heterocycles. The van der Waals surface area contributed by atoms with Gasteiger partial charge in [0.25, 0.3) is 0 Å². The average Bonchev–Trinajstić information content (AvgIpc) is 3.06. The van der Waals surface area contributed by atoms with E-state index in [0.717, 1.165) is 16.9 Å². The van der Waals surface area contributed by atoms with Gasteiger partial charge in [-0.2, -0.15) is 0 Å². The van der Waals surface area contributed by atoms with Gasteiger partial charge in [0.15, 0.2) is 0 Å². The minimum atomic E-state index is -0.240. The van der Waals surface area contributed by atoms with Crippen LogP contribution in [0.4, 0.5) is 10.5 Å². The van der Waals surface area contributed by atoms with Crippen molar-refractivity contribution in [2.45, 2.75) is 13.1 Å². The molecule has 2 heterocycles. The normalized spacial score (nSPS) is 14.3. The number of imidazole rings is 1. The number of amides is 1. The number of benzene rings is 1. The summed E-state index contributed by atoms with van der Waals surface area (Å²) in [5.74, 6) is 0. The number of ether oxygens (including phenoxy) is 1. The van der Waals surface area contributed by atoms with Crippen molar-refractivity contribution in [3.05, 3.63) is 47.0 Å². The van der Waals surface area contributed by atoms with Crippen molar-refractivity contribution in [1.29, 1.82) is 0 Å². The van der Waals surface area contributed by atoms with Crippen LogP contribution in [0.2, 0.25) is 5.28 Å². The molecule has 1 N–H and O–H groups in total. The summed E-state index contributed by atoms with van der Waals surface area (Å²) in [5, 5.41) is 3.80. The number of halogens is 1. The Morgan fingerprint density at radius 3 is 2.73 bits per heavy atom. The van der Waals surface area contributed by atoms with Crippen LogP contribution < -0.4 is 5.32 Å². The molecule has 1 aliphatic heterocycles. The van der Waals surface area contributed by atoms with E-state index in [1.165, 1.54) is 0 Å². The predicted molar refractivity (Wildman–Crippen MR) is 83.7 cm³/mol. The van der Waals surface area contributed by atoms with Crippen LogP contribution in [0.3, 0.4) is 0 Å². The van der Waals surface area contributed by atoms with Crippen molar-refractivity contribution >= 4 is 23.4 Å². The van der Waals surface area contributed by atoms with Gasteiger partial charge in [-0.05, 0) is 29.3 Å². The van der Waals surface area contributed by atoms with E-state index in [1.54, 1.807) is 11.1 Å². The second-order valence-corrected chi connectivity index (χ2v) is 5.50. The average molecular weight is 321 g/mol. The maximum atomic E-state index is 11.4. The van der Waals surface area contributed by atoms with Gasteiger partial charge < -0.3 is 19.5 Å². The highest BCUT2D eigenvalue weighted by molar-refractivity contribution is 6.28. The van der Waals surface area contributed by atoms with Crippen LogP contribution in [0, 0.1) is 0 Å². The highest BCUT2D eigenvalue weighted by Gasteiger charge is 2.21. The number of nitrogens with one attached hydrogen (secondary N) is 1. The monoisotopic (exact) mass is 320 g/mol. The highest BCUT2D eigenvalue weighted by Crippen LogP contribution is 2.15. The molecule has 1 fully saturated rings. The van der Waals surface area contributed by atoms with Crippen molar-refractivity contribution in [2.24, 2.45) is 7.05 Å². The van der Waals surface area contributed by atoms with E-state index in [-0.39, 0.29) is 6.09 Å². The summed E-state index contributed by atoms with van der Waals surface area (Å²) < 4.78 is 6.75. The smallest absolute Gasteiger partial charge is 0.410 e. The number of cyclic esters (lactones) is 1. The lowest BCUT2D eigenvalue weighted by atomic mass is 10.2. The first-order valence-electron chi connectivity index (χ1n) is 7.04. The van der Waals surface area contributed by atoms with E-state index in [2.05, 4.69) is 10.3 Å². The fourth-order valence-corrected chi connectivity index (χ4v) is 2.45. The molecule has 0 aliphatic carbocycles. The van der Waals surface area contributed by atoms with Gasteiger partial charge >= 0.3 is 6.09 Å². The summed E-state index contributed by atoms with van der Waals surface area (Å²) in [6.45, 7) is 2.36. The predicted octanol–water partition coefficient (Wildman–Crippen LogP) is 2.64. The zero-order valence-corrected chi connectivity index (χ0v) is 13.0. The maximum absolute atomic E-state index is 11.4. The summed E-state index contributed by atoms with van der Waals surface area (Å²) in [7, 11) is 1.88. The van der Waals surface area contributed by atoms with Crippen LogP contribution in [0.15, 0.2) is 30.5 Å². The number of hydrogen-bond donors (Lipinski definition) is 1. The van der Waals surface area contributed by atoms with Gasteiger partial charge in [-0.3, -0.25) is 0 Å².